The van der Waals surface area contributed by atoms with Crippen LogP contribution in [0.15, 0.2) is 42.5 Å². The van der Waals surface area contributed by atoms with Gasteiger partial charge in [0.1, 0.15) is 11.6 Å². The predicted octanol–water partition coefficient (Wildman–Crippen LogP) is 3.12. The maximum Gasteiger partial charge on any atom is 0.227 e. The van der Waals surface area contributed by atoms with Gasteiger partial charge in [-0.1, -0.05) is 24.3 Å². The first-order valence-corrected chi connectivity index (χ1v) is 8.66. The number of aryl methyl sites for hydroxylation is 1. The molecule has 2 aliphatic rings. The molecule has 1 saturated heterocycles. The Morgan fingerprint density at radius 3 is 2.77 bits per heavy atom. The molecule has 2 atom stereocenters. The molecule has 1 fully saturated rings. The molecule has 0 saturated carbocycles. The maximum absolute atomic E-state index is 14.0. The third-order valence-corrected chi connectivity index (χ3v) is 5.15. The van der Waals surface area contributed by atoms with E-state index in [1.165, 1.54) is 16.5 Å². The summed E-state index contributed by atoms with van der Waals surface area (Å²) in [7, 11) is 0. The smallest absolute Gasteiger partial charge is 0.227 e. The van der Waals surface area contributed by atoms with E-state index in [0.717, 1.165) is 30.5 Å². The fourth-order valence-corrected chi connectivity index (χ4v) is 3.81. The van der Waals surface area contributed by atoms with Crippen molar-refractivity contribution in [1.29, 1.82) is 0 Å². The lowest BCUT2D eigenvalue weighted by Gasteiger charge is -2.19. The van der Waals surface area contributed by atoms with Gasteiger partial charge in [-0.25, -0.2) is 8.78 Å². The summed E-state index contributed by atoms with van der Waals surface area (Å²) in [5.74, 6) is -2.58. The van der Waals surface area contributed by atoms with Gasteiger partial charge in [0, 0.05) is 19.0 Å². The zero-order valence-electron chi connectivity index (χ0n) is 14.0. The van der Waals surface area contributed by atoms with Crippen LogP contribution >= 0.6 is 0 Å². The summed E-state index contributed by atoms with van der Waals surface area (Å²) < 4.78 is 27.0. The Balaban J connectivity index is 1.46. The van der Waals surface area contributed by atoms with Crippen LogP contribution in [0.25, 0.3) is 0 Å². The standard InChI is InChI=1S/C20H18F2N2O2/c21-14-6-8-18(16(22)10-14)24-11-13(9-19(24)25)20(26)23-17-7-5-12-3-1-2-4-15(12)17/h1-4,6,8,10,13,17H,5,7,9,11H2,(H,23,26)/t13-,17-/m1/s1. The van der Waals surface area contributed by atoms with Crippen LogP contribution in [-0.2, 0) is 16.0 Å². The Labute approximate surface area is 149 Å². The van der Waals surface area contributed by atoms with Gasteiger partial charge in [0.05, 0.1) is 17.6 Å². The second kappa shape index (κ2) is 6.52. The summed E-state index contributed by atoms with van der Waals surface area (Å²) in [6.45, 7) is 0.0988. The number of benzene rings is 2. The summed E-state index contributed by atoms with van der Waals surface area (Å²) in [6.07, 6.45) is 1.77. The number of halogens is 2. The third kappa shape index (κ3) is 2.96. The number of amides is 2. The lowest BCUT2D eigenvalue weighted by molar-refractivity contribution is -0.127. The number of fused-ring (bicyclic) bond motifs is 1. The molecule has 4 nitrogen and oxygen atoms in total. The van der Waals surface area contributed by atoms with Crippen molar-refractivity contribution < 1.29 is 18.4 Å². The van der Waals surface area contributed by atoms with E-state index < -0.39 is 17.6 Å². The van der Waals surface area contributed by atoms with Crippen LogP contribution in [0.1, 0.15) is 30.0 Å². The molecule has 6 heteroatoms. The van der Waals surface area contributed by atoms with Crippen molar-refractivity contribution in [3.05, 3.63) is 65.2 Å². The highest BCUT2D eigenvalue weighted by Gasteiger charge is 2.37. The molecular formula is C20H18F2N2O2. The van der Waals surface area contributed by atoms with E-state index in [1.54, 1.807) is 0 Å². The summed E-state index contributed by atoms with van der Waals surface area (Å²) in [6, 6.07) is 11.0. The predicted molar refractivity (Wildman–Crippen MR) is 92.5 cm³/mol. The second-order valence-corrected chi connectivity index (χ2v) is 6.80. The lowest BCUT2D eigenvalue weighted by atomic mass is 10.1. The molecule has 1 aliphatic heterocycles. The van der Waals surface area contributed by atoms with E-state index in [4.69, 9.17) is 0 Å². The van der Waals surface area contributed by atoms with Crippen LogP contribution in [0.5, 0.6) is 0 Å². The fourth-order valence-electron chi connectivity index (χ4n) is 3.81. The Bertz CT molecular complexity index is 884. The molecule has 0 spiro atoms. The highest BCUT2D eigenvalue weighted by atomic mass is 19.1. The van der Waals surface area contributed by atoms with Crippen molar-refractivity contribution in [2.45, 2.75) is 25.3 Å². The van der Waals surface area contributed by atoms with Gasteiger partial charge in [0.2, 0.25) is 11.8 Å². The average molecular weight is 356 g/mol. The first-order valence-electron chi connectivity index (χ1n) is 8.66. The summed E-state index contributed by atoms with van der Waals surface area (Å²) >= 11 is 0. The zero-order valence-corrected chi connectivity index (χ0v) is 14.0. The molecule has 0 radical (unpaired) electrons. The van der Waals surface area contributed by atoms with E-state index in [1.807, 2.05) is 18.2 Å². The van der Waals surface area contributed by atoms with Crippen LogP contribution in [0.4, 0.5) is 14.5 Å². The van der Waals surface area contributed by atoms with Crippen LogP contribution in [0.2, 0.25) is 0 Å². The van der Waals surface area contributed by atoms with Crippen LogP contribution < -0.4 is 10.2 Å². The Morgan fingerprint density at radius 1 is 1.15 bits per heavy atom. The van der Waals surface area contributed by atoms with E-state index in [2.05, 4.69) is 11.4 Å². The van der Waals surface area contributed by atoms with Gasteiger partial charge in [-0.3, -0.25) is 9.59 Å². The third-order valence-electron chi connectivity index (χ3n) is 5.15. The second-order valence-electron chi connectivity index (χ2n) is 6.80. The van der Waals surface area contributed by atoms with Gasteiger partial charge in [0.25, 0.3) is 0 Å². The molecule has 2 amide bonds. The van der Waals surface area contributed by atoms with Crippen molar-refractivity contribution in [2.75, 3.05) is 11.4 Å². The zero-order chi connectivity index (χ0) is 18.3. The van der Waals surface area contributed by atoms with Gasteiger partial charge < -0.3 is 10.2 Å². The molecule has 1 aliphatic carbocycles. The number of hydrogen-bond acceptors (Lipinski definition) is 2. The number of nitrogens with zero attached hydrogens (tertiary/aromatic N) is 1. The first kappa shape index (κ1) is 16.7. The largest absolute Gasteiger partial charge is 0.349 e. The number of carbonyl (C=O) groups is 2. The van der Waals surface area contributed by atoms with Gasteiger partial charge in [-0.05, 0) is 36.1 Å². The van der Waals surface area contributed by atoms with E-state index in [0.29, 0.717) is 0 Å². The molecule has 2 aromatic rings. The van der Waals surface area contributed by atoms with Crippen LogP contribution in [0, 0.1) is 17.6 Å². The van der Waals surface area contributed by atoms with Crippen molar-refractivity contribution in [1.82, 2.24) is 5.32 Å². The molecule has 0 aromatic heterocycles. The minimum Gasteiger partial charge on any atom is -0.349 e. The van der Waals surface area contributed by atoms with Gasteiger partial charge in [-0.15, -0.1) is 0 Å². The number of rotatable bonds is 3. The first-order chi connectivity index (χ1) is 12.5. The SMILES string of the molecule is O=C(N[C@@H]1CCc2ccccc21)[C@@H]1CC(=O)N(c2ccc(F)cc2F)C1. The molecule has 1 heterocycles. The maximum atomic E-state index is 14.0. The quantitative estimate of drug-likeness (QED) is 0.919. The van der Waals surface area contributed by atoms with Crippen molar-refractivity contribution in [2.24, 2.45) is 5.92 Å². The van der Waals surface area contributed by atoms with E-state index >= 15 is 0 Å². The van der Waals surface area contributed by atoms with Gasteiger partial charge in [0.15, 0.2) is 0 Å². The molecule has 26 heavy (non-hydrogen) atoms. The Morgan fingerprint density at radius 2 is 1.96 bits per heavy atom. The number of hydrogen-bond donors (Lipinski definition) is 1. The van der Waals surface area contributed by atoms with E-state index in [9.17, 15) is 18.4 Å². The minimum atomic E-state index is -0.802. The highest BCUT2D eigenvalue weighted by molar-refractivity contribution is 6.00. The summed E-state index contributed by atoms with van der Waals surface area (Å²) in [4.78, 5) is 26.1. The molecule has 0 bridgehead atoms. The Kier molecular flexibility index (Phi) is 4.18. The van der Waals surface area contributed by atoms with Crippen molar-refractivity contribution >= 4 is 17.5 Å². The van der Waals surface area contributed by atoms with Crippen LogP contribution in [-0.4, -0.2) is 18.4 Å². The normalized spacial score (nSPS) is 21.8. The summed E-state index contributed by atoms with van der Waals surface area (Å²) in [5.41, 5.74) is 2.36. The molecule has 1 N–H and O–H groups in total. The molecule has 0 unspecified atom stereocenters. The van der Waals surface area contributed by atoms with E-state index in [-0.39, 0.29) is 36.5 Å². The minimum absolute atomic E-state index is 0.0120. The van der Waals surface area contributed by atoms with Gasteiger partial charge >= 0.3 is 0 Å². The average Bonchev–Trinajstić information content (AvgIpc) is 3.19. The van der Waals surface area contributed by atoms with Crippen molar-refractivity contribution in [3.63, 3.8) is 0 Å². The number of nitrogens with one attached hydrogen (secondary N) is 1. The highest BCUT2D eigenvalue weighted by Crippen LogP contribution is 2.32. The number of anilines is 1. The van der Waals surface area contributed by atoms with Crippen molar-refractivity contribution in [3.8, 4) is 0 Å². The summed E-state index contributed by atoms with van der Waals surface area (Å²) in [5, 5.41) is 3.02. The topological polar surface area (TPSA) is 49.4 Å². The molecular weight excluding hydrogens is 338 g/mol. The molecule has 134 valence electrons. The Hall–Kier alpha value is -2.76. The molecule has 4 rings (SSSR count). The monoisotopic (exact) mass is 356 g/mol. The number of carbonyl (C=O) groups excluding carboxylic acids is 2. The fraction of sp³-hybridized carbons (Fsp3) is 0.300. The lowest BCUT2D eigenvalue weighted by Crippen LogP contribution is -2.35. The van der Waals surface area contributed by atoms with Gasteiger partial charge in [-0.2, -0.15) is 0 Å². The molecule has 2 aromatic carbocycles. The van der Waals surface area contributed by atoms with Crippen LogP contribution in [0.3, 0.4) is 0 Å².